The van der Waals surface area contributed by atoms with Gasteiger partial charge in [0.05, 0.1) is 0 Å². The van der Waals surface area contributed by atoms with Crippen LogP contribution in [0.4, 0.5) is 0 Å². The van der Waals surface area contributed by atoms with Gasteiger partial charge in [-0.1, -0.05) is 19.8 Å². The monoisotopic (exact) mass is 201 g/mol. The highest BCUT2D eigenvalue weighted by Gasteiger charge is 2.16. The summed E-state index contributed by atoms with van der Waals surface area (Å²) in [5, 5.41) is 12.3. The molecule has 1 saturated carbocycles. The molecule has 1 aliphatic rings. The van der Waals surface area contributed by atoms with Crippen molar-refractivity contribution in [2.75, 3.05) is 6.73 Å². The van der Waals surface area contributed by atoms with Crippen LogP contribution < -0.4 is 5.32 Å². The molecule has 1 aliphatic carbocycles. The summed E-state index contributed by atoms with van der Waals surface area (Å²) in [4.78, 5) is 11.0. The van der Waals surface area contributed by atoms with E-state index >= 15 is 0 Å². The second kappa shape index (κ2) is 5.98. The zero-order valence-corrected chi connectivity index (χ0v) is 8.66. The quantitative estimate of drug-likeness (QED) is 0.510. The highest BCUT2D eigenvalue weighted by atomic mass is 16.6. The van der Waals surface area contributed by atoms with Crippen molar-refractivity contribution in [1.29, 1.82) is 0 Å². The molecule has 4 nitrogen and oxygen atoms in total. The fraction of sp³-hybridized carbons (Fsp3) is 0.900. The zero-order chi connectivity index (χ0) is 10.4. The molecule has 0 amide bonds. The Balaban J connectivity index is 2.05. The lowest BCUT2D eigenvalue weighted by Gasteiger charge is -2.13. The van der Waals surface area contributed by atoms with E-state index < -0.39 is 12.1 Å². The third-order valence-electron chi connectivity index (χ3n) is 2.60. The van der Waals surface area contributed by atoms with Crippen molar-refractivity contribution in [2.24, 2.45) is 0 Å². The lowest BCUT2D eigenvalue weighted by atomic mass is 10.3. The van der Waals surface area contributed by atoms with Gasteiger partial charge in [0.2, 0.25) is 0 Å². The zero-order valence-electron chi connectivity index (χ0n) is 8.66. The summed E-state index contributed by atoms with van der Waals surface area (Å²) < 4.78 is 4.86. The molecule has 0 aromatic carbocycles. The van der Waals surface area contributed by atoms with E-state index in [2.05, 4.69) is 5.32 Å². The number of carbonyl (C=O) groups is 1. The minimum Gasteiger partial charge on any atom is -0.448 e. The van der Waals surface area contributed by atoms with Crippen LogP contribution in [0.3, 0.4) is 0 Å². The molecule has 0 spiro atoms. The molecule has 82 valence electrons. The van der Waals surface area contributed by atoms with E-state index in [-0.39, 0.29) is 6.73 Å². The number of esters is 1. The summed E-state index contributed by atoms with van der Waals surface area (Å²) in [5.41, 5.74) is 0. The van der Waals surface area contributed by atoms with Crippen molar-refractivity contribution in [1.82, 2.24) is 5.32 Å². The Labute approximate surface area is 84.6 Å². The van der Waals surface area contributed by atoms with Crippen LogP contribution in [0.5, 0.6) is 0 Å². The molecule has 0 bridgehead atoms. The number of aliphatic hydroxyl groups is 1. The average Bonchev–Trinajstić information content (AvgIpc) is 2.69. The van der Waals surface area contributed by atoms with Crippen LogP contribution in [0.25, 0.3) is 0 Å². The van der Waals surface area contributed by atoms with E-state index in [9.17, 15) is 4.79 Å². The van der Waals surface area contributed by atoms with E-state index in [4.69, 9.17) is 9.84 Å². The van der Waals surface area contributed by atoms with Crippen LogP contribution in [-0.4, -0.2) is 30.0 Å². The topological polar surface area (TPSA) is 58.6 Å². The van der Waals surface area contributed by atoms with Gasteiger partial charge in [0, 0.05) is 6.04 Å². The van der Waals surface area contributed by atoms with Crippen molar-refractivity contribution < 1.29 is 14.6 Å². The van der Waals surface area contributed by atoms with Gasteiger partial charge in [-0.05, 0) is 19.3 Å². The standard InChI is InChI=1S/C10H19NO3/c1-2-9(12)10(13)14-7-11-8-5-3-4-6-8/h8-9,11-12H,2-7H2,1H3. The SMILES string of the molecule is CCC(O)C(=O)OCNC1CCCC1. The number of ether oxygens (including phenoxy) is 1. The van der Waals surface area contributed by atoms with Gasteiger partial charge in [-0.15, -0.1) is 0 Å². The summed E-state index contributed by atoms with van der Waals surface area (Å²) in [7, 11) is 0. The number of carbonyl (C=O) groups excluding carboxylic acids is 1. The third-order valence-corrected chi connectivity index (χ3v) is 2.60. The van der Waals surface area contributed by atoms with Crippen LogP contribution in [0.2, 0.25) is 0 Å². The minimum atomic E-state index is -0.972. The summed E-state index contributed by atoms with van der Waals surface area (Å²) in [6.07, 6.45) is 4.26. The fourth-order valence-corrected chi connectivity index (χ4v) is 1.62. The lowest BCUT2D eigenvalue weighted by molar-refractivity contribution is -0.154. The molecule has 0 aromatic heterocycles. The normalized spacial score (nSPS) is 19.6. The smallest absolute Gasteiger partial charge is 0.336 e. The third kappa shape index (κ3) is 3.64. The number of hydrogen-bond donors (Lipinski definition) is 2. The molecule has 0 radical (unpaired) electrons. The van der Waals surface area contributed by atoms with Crippen LogP contribution in [-0.2, 0) is 9.53 Å². The highest BCUT2D eigenvalue weighted by molar-refractivity contribution is 5.74. The van der Waals surface area contributed by atoms with Gasteiger partial charge in [0.1, 0.15) is 6.73 Å². The molecule has 1 unspecified atom stereocenters. The molecule has 0 aliphatic heterocycles. The Morgan fingerprint density at radius 3 is 2.79 bits per heavy atom. The first kappa shape index (κ1) is 11.5. The molecule has 1 fully saturated rings. The molecule has 0 aromatic rings. The molecular formula is C10H19NO3. The Kier molecular flexibility index (Phi) is 4.90. The van der Waals surface area contributed by atoms with E-state index in [1.807, 2.05) is 0 Å². The van der Waals surface area contributed by atoms with Gasteiger partial charge in [-0.3, -0.25) is 5.32 Å². The Bertz CT molecular complexity index is 178. The predicted molar refractivity (Wildman–Crippen MR) is 52.6 cm³/mol. The van der Waals surface area contributed by atoms with Crippen LogP contribution in [0.1, 0.15) is 39.0 Å². The maximum absolute atomic E-state index is 11.0. The molecule has 2 N–H and O–H groups in total. The fourth-order valence-electron chi connectivity index (χ4n) is 1.62. The van der Waals surface area contributed by atoms with Crippen molar-refractivity contribution in [3.8, 4) is 0 Å². The molecule has 0 heterocycles. The summed E-state index contributed by atoms with van der Waals surface area (Å²) >= 11 is 0. The number of nitrogens with one attached hydrogen (secondary N) is 1. The van der Waals surface area contributed by atoms with Crippen molar-refractivity contribution in [3.63, 3.8) is 0 Å². The molecule has 1 rings (SSSR count). The molecule has 1 atom stereocenters. The first-order chi connectivity index (χ1) is 6.74. The maximum atomic E-state index is 11.0. The van der Waals surface area contributed by atoms with Gasteiger partial charge < -0.3 is 9.84 Å². The van der Waals surface area contributed by atoms with Crippen molar-refractivity contribution in [2.45, 2.75) is 51.2 Å². The first-order valence-corrected chi connectivity index (χ1v) is 5.32. The second-order valence-corrected chi connectivity index (χ2v) is 3.72. The Morgan fingerprint density at radius 2 is 2.21 bits per heavy atom. The molecule has 14 heavy (non-hydrogen) atoms. The van der Waals surface area contributed by atoms with Crippen molar-refractivity contribution in [3.05, 3.63) is 0 Å². The first-order valence-electron chi connectivity index (χ1n) is 5.32. The highest BCUT2D eigenvalue weighted by Crippen LogP contribution is 2.17. The van der Waals surface area contributed by atoms with E-state index in [0.717, 1.165) is 12.8 Å². The lowest BCUT2D eigenvalue weighted by Crippen LogP contribution is -2.32. The Hall–Kier alpha value is -0.610. The number of hydrogen-bond acceptors (Lipinski definition) is 4. The summed E-state index contributed by atoms with van der Waals surface area (Å²) in [6, 6.07) is 0.488. The van der Waals surface area contributed by atoms with Gasteiger partial charge >= 0.3 is 5.97 Å². The molecule has 4 heteroatoms. The Morgan fingerprint density at radius 1 is 1.57 bits per heavy atom. The minimum absolute atomic E-state index is 0.223. The number of rotatable bonds is 5. The molecule has 0 saturated heterocycles. The van der Waals surface area contributed by atoms with Crippen LogP contribution in [0, 0.1) is 0 Å². The number of aliphatic hydroxyl groups excluding tert-OH is 1. The van der Waals surface area contributed by atoms with Gasteiger partial charge in [-0.25, -0.2) is 4.79 Å². The average molecular weight is 201 g/mol. The van der Waals surface area contributed by atoms with Gasteiger partial charge in [0.15, 0.2) is 6.10 Å². The maximum Gasteiger partial charge on any atom is 0.336 e. The van der Waals surface area contributed by atoms with Crippen molar-refractivity contribution >= 4 is 5.97 Å². The summed E-state index contributed by atoms with van der Waals surface area (Å²) in [5.74, 6) is -0.530. The van der Waals surface area contributed by atoms with Crippen LogP contribution in [0.15, 0.2) is 0 Å². The van der Waals surface area contributed by atoms with E-state index in [0.29, 0.717) is 12.5 Å². The van der Waals surface area contributed by atoms with E-state index in [1.54, 1.807) is 6.92 Å². The van der Waals surface area contributed by atoms with Gasteiger partial charge in [-0.2, -0.15) is 0 Å². The summed E-state index contributed by atoms with van der Waals surface area (Å²) in [6.45, 7) is 1.97. The predicted octanol–water partition coefficient (Wildman–Crippen LogP) is 0.790. The van der Waals surface area contributed by atoms with E-state index in [1.165, 1.54) is 12.8 Å². The largest absolute Gasteiger partial charge is 0.448 e. The van der Waals surface area contributed by atoms with Gasteiger partial charge in [0.25, 0.3) is 0 Å². The van der Waals surface area contributed by atoms with Crippen LogP contribution >= 0.6 is 0 Å². The second-order valence-electron chi connectivity index (χ2n) is 3.72. The molecular weight excluding hydrogens is 182 g/mol.